The number of hydrogen-bond donors (Lipinski definition) is 1. The van der Waals surface area contributed by atoms with Gasteiger partial charge >= 0.3 is 6.03 Å². The van der Waals surface area contributed by atoms with Crippen molar-refractivity contribution in [2.45, 2.75) is 32.2 Å². The minimum absolute atomic E-state index is 0. The number of ether oxygens (including phenoxy) is 2. The number of piperidine rings is 1. The highest BCUT2D eigenvalue weighted by molar-refractivity contribution is 5.85. The van der Waals surface area contributed by atoms with Crippen molar-refractivity contribution in [1.82, 2.24) is 19.8 Å². The number of rotatable bonds is 4. The second kappa shape index (κ2) is 9.15. The van der Waals surface area contributed by atoms with Crippen LogP contribution in [0.5, 0.6) is 5.75 Å². The van der Waals surface area contributed by atoms with Crippen molar-refractivity contribution in [3.05, 3.63) is 36.8 Å². The van der Waals surface area contributed by atoms with Crippen molar-refractivity contribution < 1.29 is 14.3 Å². The Labute approximate surface area is 177 Å². The third-order valence-electron chi connectivity index (χ3n) is 5.51. The van der Waals surface area contributed by atoms with Crippen LogP contribution in [-0.4, -0.2) is 59.1 Å². The van der Waals surface area contributed by atoms with Crippen molar-refractivity contribution in [2.75, 3.05) is 33.0 Å². The molecular weight excluding hydrogens is 392 g/mol. The largest absolute Gasteiger partial charge is 0.493 e. The van der Waals surface area contributed by atoms with E-state index in [4.69, 9.17) is 9.47 Å². The number of amides is 1. The molecule has 0 unspecified atom stereocenters. The molecule has 7 nitrogen and oxygen atoms in total. The highest BCUT2D eigenvalue weighted by Crippen LogP contribution is 2.26. The van der Waals surface area contributed by atoms with Gasteiger partial charge in [-0.3, -0.25) is 9.47 Å². The molecule has 1 N–H and O–H groups in total. The van der Waals surface area contributed by atoms with Crippen LogP contribution >= 0.6 is 12.4 Å². The van der Waals surface area contributed by atoms with E-state index in [1.807, 2.05) is 38.1 Å². The Bertz CT molecular complexity index is 833. The van der Waals surface area contributed by atoms with E-state index in [2.05, 4.69) is 10.3 Å². The van der Waals surface area contributed by atoms with Gasteiger partial charge in [0.15, 0.2) is 0 Å². The van der Waals surface area contributed by atoms with Crippen LogP contribution in [0.25, 0.3) is 11.3 Å². The Morgan fingerprint density at radius 1 is 1.34 bits per heavy atom. The third-order valence-corrected chi connectivity index (χ3v) is 5.51. The van der Waals surface area contributed by atoms with Crippen molar-refractivity contribution in [3.8, 4) is 17.0 Å². The Hall–Kier alpha value is -2.09. The van der Waals surface area contributed by atoms with E-state index in [0.29, 0.717) is 19.3 Å². The highest BCUT2D eigenvalue weighted by Gasteiger charge is 2.37. The molecule has 1 aromatic heterocycles. The maximum absolute atomic E-state index is 12.8. The van der Waals surface area contributed by atoms with Gasteiger partial charge in [0.1, 0.15) is 18.8 Å². The second-order valence-electron chi connectivity index (χ2n) is 8.20. The fourth-order valence-electron chi connectivity index (χ4n) is 3.68. The number of hydrogen-bond acceptors (Lipinski definition) is 5. The van der Waals surface area contributed by atoms with Gasteiger partial charge in [-0.05, 0) is 57.8 Å². The first-order valence-corrected chi connectivity index (χ1v) is 9.90. The molecule has 0 radical (unpaired) electrons. The summed E-state index contributed by atoms with van der Waals surface area (Å²) < 4.78 is 13.0. The van der Waals surface area contributed by atoms with E-state index in [-0.39, 0.29) is 24.0 Å². The molecule has 1 amide bonds. The lowest BCUT2D eigenvalue weighted by Gasteiger charge is -2.28. The monoisotopic (exact) mass is 420 g/mol. The number of nitrogens with one attached hydrogen (secondary N) is 1. The van der Waals surface area contributed by atoms with Crippen molar-refractivity contribution in [2.24, 2.45) is 5.92 Å². The standard InChI is InChI=1S/C21H28N4O3.ClH/c1-21(2)13-27-15-25(21)20(26)24-11-19(23-14-24)17-4-3-5-18(10-17)28-12-16-6-8-22-9-7-16;/h3-5,10-11,14,16,22H,6-9,12-13,15H2,1-2H3;1H. The lowest BCUT2D eigenvalue weighted by molar-refractivity contribution is 0.140. The van der Waals surface area contributed by atoms with Crippen molar-refractivity contribution in [3.63, 3.8) is 0 Å². The number of aromatic nitrogens is 2. The predicted octanol–water partition coefficient (Wildman–Crippen LogP) is 3.39. The predicted molar refractivity (Wildman–Crippen MR) is 114 cm³/mol. The van der Waals surface area contributed by atoms with Gasteiger partial charge in [-0.25, -0.2) is 9.78 Å². The molecule has 4 rings (SSSR count). The molecule has 0 saturated carbocycles. The topological polar surface area (TPSA) is 68.6 Å². The Balaban J connectivity index is 0.00000240. The van der Waals surface area contributed by atoms with E-state index >= 15 is 0 Å². The van der Waals surface area contributed by atoms with Crippen LogP contribution in [0.1, 0.15) is 26.7 Å². The van der Waals surface area contributed by atoms with Crippen LogP contribution in [0.4, 0.5) is 4.79 Å². The molecule has 0 atom stereocenters. The van der Waals surface area contributed by atoms with Crippen LogP contribution < -0.4 is 10.1 Å². The summed E-state index contributed by atoms with van der Waals surface area (Å²) in [5.74, 6) is 1.44. The zero-order valence-electron chi connectivity index (χ0n) is 17.0. The second-order valence-corrected chi connectivity index (χ2v) is 8.20. The summed E-state index contributed by atoms with van der Waals surface area (Å²) >= 11 is 0. The summed E-state index contributed by atoms with van der Waals surface area (Å²) in [4.78, 5) is 18.9. The summed E-state index contributed by atoms with van der Waals surface area (Å²) in [7, 11) is 0. The third kappa shape index (κ3) is 4.91. The van der Waals surface area contributed by atoms with Gasteiger partial charge in [-0.2, -0.15) is 0 Å². The maximum atomic E-state index is 12.8. The summed E-state index contributed by atoms with van der Waals surface area (Å²) in [5, 5.41) is 3.38. The quantitative estimate of drug-likeness (QED) is 0.821. The van der Waals surface area contributed by atoms with E-state index in [0.717, 1.165) is 49.5 Å². The molecule has 0 spiro atoms. The number of carbonyl (C=O) groups is 1. The van der Waals surface area contributed by atoms with Crippen LogP contribution in [0.3, 0.4) is 0 Å². The highest BCUT2D eigenvalue weighted by atomic mass is 35.5. The van der Waals surface area contributed by atoms with Gasteiger partial charge in [0.25, 0.3) is 0 Å². The first kappa shape index (κ1) is 21.6. The first-order valence-electron chi connectivity index (χ1n) is 9.90. The van der Waals surface area contributed by atoms with Gasteiger partial charge in [-0.15, -0.1) is 12.4 Å². The lowest BCUT2D eigenvalue weighted by atomic mass is 9.99. The van der Waals surface area contributed by atoms with Crippen LogP contribution in [-0.2, 0) is 4.74 Å². The Kier molecular flexibility index (Phi) is 6.82. The normalized spacial score (nSPS) is 19.0. The molecule has 3 heterocycles. The maximum Gasteiger partial charge on any atom is 0.331 e. The van der Waals surface area contributed by atoms with Crippen molar-refractivity contribution >= 4 is 18.4 Å². The number of imidazole rings is 1. The average molecular weight is 421 g/mol. The van der Waals surface area contributed by atoms with Gasteiger partial charge in [-0.1, -0.05) is 12.1 Å². The van der Waals surface area contributed by atoms with Gasteiger partial charge < -0.3 is 14.8 Å². The molecule has 2 fully saturated rings. The molecular formula is C21H29ClN4O3. The molecule has 2 aliphatic rings. The van der Waals surface area contributed by atoms with Crippen LogP contribution in [0.2, 0.25) is 0 Å². The lowest BCUT2D eigenvalue weighted by Crippen LogP contribution is -2.45. The smallest absolute Gasteiger partial charge is 0.331 e. The minimum Gasteiger partial charge on any atom is -0.493 e. The summed E-state index contributed by atoms with van der Waals surface area (Å²) in [6, 6.07) is 7.78. The van der Waals surface area contributed by atoms with Gasteiger partial charge in [0.05, 0.1) is 24.4 Å². The minimum atomic E-state index is -0.316. The summed E-state index contributed by atoms with van der Waals surface area (Å²) in [6.45, 7) is 7.72. The molecule has 158 valence electrons. The Morgan fingerprint density at radius 3 is 2.86 bits per heavy atom. The van der Waals surface area contributed by atoms with Crippen LogP contribution in [0, 0.1) is 5.92 Å². The molecule has 8 heteroatoms. The fraction of sp³-hybridized carbons (Fsp3) is 0.524. The SMILES string of the molecule is CC1(C)COCN1C(=O)n1cnc(-c2cccc(OCC3CCNCC3)c2)c1.Cl. The molecule has 1 aromatic carbocycles. The first-order chi connectivity index (χ1) is 13.5. The summed E-state index contributed by atoms with van der Waals surface area (Å²) in [6.07, 6.45) is 5.64. The summed E-state index contributed by atoms with van der Waals surface area (Å²) in [5.41, 5.74) is 1.37. The number of nitrogens with zero attached hydrogens (tertiary/aromatic N) is 3. The number of halogens is 1. The van der Waals surface area contributed by atoms with Gasteiger partial charge in [0, 0.05) is 11.8 Å². The van der Waals surface area contributed by atoms with Crippen LogP contribution in [0.15, 0.2) is 36.8 Å². The zero-order chi connectivity index (χ0) is 19.6. The van der Waals surface area contributed by atoms with E-state index in [1.165, 1.54) is 4.57 Å². The van der Waals surface area contributed by atoms with E-state index in [1.54, 1.807) is 17.4 Å². The molecule has 0 aliphatic carbocycles. The zero-order valence-corrected chi connectivity index (χ0v) is 17.8. The number of carbonyl (C=O) groups excluding carboxylic acids is 1. The van der Waals surface area contributed by atoms with E-state index in [9.17, 15) is 4.79 Å². The molecule has 29 heavy (non-hydrogen) atoms. The molecule has 2 aliphatic heterocycles. The number of benzene rings is 1. The average Bonchev–Trinajstić information content (AvgIpc) is 3.33. The van der Waals surface area contributed by atoms with Crippen molar-refractivity contribution in [1.29, 1.82) is 0 Å². The van der Waals surface area contributed by atoms with Gasteiger partial charge in [0.2, 0.25) is 0 Å². The molecule has 2 saturated heterocycles. The molecule has 2 aromatic rings. The Morgan fingerprint density at radius 2 is 2.14 bits per heavy atom. The fourth-order valence-corrected chi connectivity index (χ4v) is 3.68. The van der Waals surface area contributed by atoms with E-state index < -0.39 is 0 Å². The molecule has 0 bridgehead atoms.